The van der Waals surface area contributed by atoms with E-state index in [1.807, 2.05) is 11.0 Å². The Morgan fingerprint density at radius 3 is 2.33 bits per heavy atom. The summed E-state index contributed by atoms with van der Waals surface area (Å²) < 4.78 is 5.24. The van der Waals surface area contributed by atoms with E-state index in [-0.39, 0.29) is 5.78 Å². The molecule has 3 aromatic carbocycles. The molecule has 6 nitrogen and oxygen atoms in total. The fourth-order valence-corrected chi connectivity index (χ4v) is 5.44. The van der Waals surface area contributed by atoms with E-state index in [4.69, 9.17) is 16.3 Å². The zero-order valence-electron chi connectivity index (χ0n) is 19.3. The minimum Gasteiger partial charge on any atom is -0.427 e. The van der Waals surface area contributed by atoms with Gasteiger partial charge in [-0.1, -0.05) is 66.2 Å². The number of ether oxygens (including phenoxy) is 1. The molecule has 176 valence electrons. The van der Waals surface area contributed by atoms with Crippen LogP contribution in [0.25, 0.3) is 6.08 Å². The Labute approximate surface area is 213 Å². The number of carbonyl (C=O) groups is 2. The third-order valence-electron chi connectivity index (χ3n) is 6.80. The van der Waals surface area contributed by atoms with Crippen LogP contribution in [-0.2, 0) is 4.79 Å². The number of nitriles is 2. The summed E-state index contributed by atoms with van der Waals surface area (Å²) in [4.78, 5) is 27.5. The third-order valence-corrected chi connectivity index (χ3v) is 7.05. The molecule has 2 aliphatic heterocycles. The zero-order chi connectivity index (χ0) is 25.4. The predicted molar refractivity (Wildman–Crippen MR) is 135 cm³/mol. The van der Waals surface area contributed by atoms with Crippen molar-refractivity contribution in [2.45, 2.75) is 24.9 Å². The molecule has 36 heavy (non-hydrogen) atoms. The lowest BCUT2D eigenvalue weighted by Gasteiger charge is -2.35. The number of carbonyl (C=O) groups excluding carboxylic acids is 2. The van der Waals surface area contributed by atoms with Crippen LogP contribution in [0.15, 0.2) is 78.9 Å². The number of Topliss-reactive ketones (excluding diaryl/α,β-unsaturated/α-hetero) is 1. The van der Waals surface area contributed by atoms with Gasteiger partial charge >= 0.3 is 5.97 Å². The molecule has 0 unspecified atom stereocenters. The molecular weight excluding hydrogens is 474 g/mol. The van der Waals surface area contributed by atoms with Crippen molar-refractivity contribution < 1.29 is 14.3 Å². The summed E-state index contributed by atoms with van der Waals surface area (Å²) in [6.07, 6.45) is 3.59. The van der Waals surface area contributed by atoms with Gasteiger partial charge < -0.3 is 9.64 Å². The summed E-state index contributed by atoms with van der Waals surface area (Å²) >= 11 is 6.14. The van der Waals surface area contributed by atoms with Crippen molar-refractivity contribution in [1.29, 1.82) is 10.5 Å². The number of hydrogen-bond donors (Lipinski definition) is 0. The van der Waals surface area contributed by atoms with Gasteiger partial charge in [0, 0.05) is 34.7 Å². The molecule has 0 N–H and O–H groups in total. The summed E-state index contributed by atoms with van der Waals surface area (Å²) in [5.41, 5.74) is 1.01. The number of benzene rings is 3. The predicted octanol–water partition coefficient (Wildman–Crippen LogP) is 5.55. The van der Waals surface area contributed by atoms with Gasteiger partial charge in [0.1, 0.15) is 11.8 Å². The summed E-state index contributed by atoms with van der Waals surface area (Å²) in [7, 11) is 0. The molecule has 3 aromatic rings. The fourth-order valence-electron chi connectivity index (χ4n) is 5.32. The van der Waals surface area contributed by atoms with Crippen LogP contribution in [0.3, 0.4) is 0 Å². The van der Waals surface area contributed by atoms with Crippen molar-refractivity contribution in [2.24, 2.45) is 5.41 Å². The van der Waals surface area contributed by atoms with Gasteiger partial charge in [0.2, 0.25) is 0 Å². The average Bonchev–Trinajstić information content (AvgIpc) is 3.19. The van der Waals surface area contributed by atoms with Crippen molar-refractivity contribution in [3.05, 3.63) is 101 Å². The van der Waals surface area contributed by atoms with E-state index in [0.717, 1.165) is 5.56 Å². The minimum absolute atomic E-state index is 0.196. The van der Waals surface area contributed by atoms with Crippen molar-refractivity contribution in [2.75, 3.05) is 4.90 Å². The summed E-state index contributed by atoms with van der Waals surface area (Å²) in [5, 5.41) is 21.5. The Hall–Kier alpha value is -4.39. The number of anilines is 1. The average molecular weight is 494 g/mol. The van der Waals surface area contributed by atoms with E-state index in [0.29, 0.717) is 27.6 Å². The van der Waals surface area contributed by atoms with Crippen LogP contribution in [-0.4, -0.2) is 23.8 Å². The lowest BCUT2D eigenvalue weighted by atomic mass is 9.69. The Bertz CT molecular complexity index is 1450. The number of halogens is 1. The monoisotopic (exact) mass is 493 g/mol. The Morgan fingerprint density at radius 1 is 1.00 bits per heavy atom. The lowest BCUT2D eigenvalue weighted by molar-refractivity contribution is -0.131. The molecule has 1 saturated heterocycles. The molecular formula is C29H20ClN3O3. The molecule has 0 bridgehead atoms. The van der Waals surface area contributed by atoms with Crippen LogP contribution in [0, 0.1) is 28.1 Å². The van der Waals surface area contributed by atoms with Crippen molar-refractivity contribution >= 4 is 35.1 Å². The van der Waals surface area contributed by atoms with Gasteiger partial charge in [0.15, 0.2) is 11.2 Å². The molecule has 2 aliphatic rings. The quantitative estimate of drug-likeness (QED) is 0.269. The number of ketones is 1. The molecule has 5 rings (SSSR count). The van der Waals surface area contributed by atoms with Gasteiger partial charge in [-0.15, -0.1) is 0 Å². The van der Waals surface area contributed by atoms with E-state index >= 15 is 0 Å². The number of rotatable bonds is 4. The van der Waals surface area contributed by atoms with Crippen molar-refractivity contribution in [3.63, 3.8) is 0 Å². The molecule has 0 aromatic heterocycles. The lowest BCUT2D eigenvalue weighted by Crippen LogP contribution is -2.44. The van der Waals surface area contributed by atoms with Crippen LogP contribution in [0.5, 0.6) is 5.75 Å². The van der Waals surface area contributed by atoms with Gasteiger partial charge in [-0.3, -0.25) is 9.59 Å². The maximum Gasteiger partial charge on any atom is 0.308 e. The second-order valence-electron chi connectivity index (χ2n) is 8.82. The van der Waals surface area contributed by atoms with Gasteiger partial charge in [0.05, 0.1) is 18.2 Å². The van der Waals surface area contributed by atoms with E-state index in [2.05, 4.69) is 12.1 Å². The van der Waals surface area contributed by atoms with Crippen LogP contribution >= 0.6 is 11.6 Å². The highest BCUT2D eigenvalue weighted by molar-refractivity contribution is 6.30. The van der Waals surface area contributed by atoms with Crippen LogP contribution in [0.2, 0.25) is 5.02 Å². The summed E-state index contributed by atoms with van der Waals surface area (Å²) in [6.45, 7) is 1.32. The van der Waals surface area contributed by atoms with Crippen molar-refractivity contribution in [1.82, 2.24) is 0 Å². The maximum atomic E-state index is 14.1. The maximum absolute atomic E-state index is 14.1. The van der Waals surface area contributed by atoms with Gasteiger partial charge in [0.25, 0.3) is 0 Å². The molecule has 0 radical (unpaired) electrons. The smallest absolute Gasteiger partial charge is 0.308 e. The highest BCUT2D eigenvalue weighted by Crippen LogP contribution is 2.55. The van der Waals surface area contributed by atoms with E-state index in [1.165, 1.54) is 6.92 Å². The van der Waals surface area contributed by atoms with Crippen LogP contribution in [0.4, 0.5) is 5.69 Å². The van der Waals surface area contributed by atoms with E-state index in [1.54, 1.807) is 78.9 Å². The summed E-state index contributed by atoms with van der Waals surface area (Å²) in [5.74, 6) is -1.03. The molecule has 0 saturated carbocycles. The highest BCUT2D eigenvalue weighted by atomic mass is 35.5. The van der Waals surface area contributed by atoms with Crippen LogP contribution in [0.1, 0.15) is 34.3 Å². The standard InChI is InChI=1S/C29H20ClN3O3/c1-18(34)36-23-12-13-24-21(15-23)9-14-25-29(16-31,17-32)26(19-7-10-22(30)11-8-19)27(33(24)25)28(35)20-5-3-2-4-6-20/h2-15,25-27H,1H3/t25-,26+,27+/m1/s1. The van der Waals surface area contributed by atoms with Gasteiger partial charge in [-0.05, 0) is 35.9 Å². The van der Waals surface area contributed by atoms with E-state index in [9.17, 15) is 20.1 Å². The molecule has 2 heterocycles. The molecule has 0 amide bonds. The molecule has 7 heteroatoms. The Kier molecular flexibility index (Phi) is 5.84. The minimum atomic E-state index is -1.55. The number of hydrogen-bond acceptors (Lipinski definition) is 6. The molecule has 0 spiro atoms. The first-order valence-corrected chi connectivity index (χ1v) is 11.7. The Morgan fingerprint density at radius 2 is 1.69 bits per heavy atom. The van der Waals surface area contributed by atoms with Gasteiger partial charge in [-0.25, -0.2) is 0 Å². The Balaban J connectivity index is 1.74. The van der Waals surface area contributed by atoms with Crippen LogP contribution < -0.4 is 9.64 Å². The highest BCUT2D eigenvalue weighted by Gasteiger charge is 2.63. The first-order valence-electron chi connectivity index (χ1n) is 11.4. The zero-order valence-corrected chi connectivity index (χ0v) is 20.0. The fraction of sp³-hybridized carbons (Fsp3) is 0.172. The number of fused-ring (bicyclic) bond motifs is 3. The first-order chi connectivity index (χ1) is 17.4. The normalized spacial score (nSPS) is 21.0. The summed E-state index contributed by atoms with van der Waals surface area (Å²) in [6, 6.07) is 24.0. The van der Waals surface area contributed by atoms with Crippen molar-refractivity contribution in [3.8, 4) is 17.9 Å². The molecule has 1 fully saturated rings. The molecule has 3 atom stereocenters. The first kappa shape index (κ1) is 23.4. The number of nitrogens with zero attached hydrogens (tertiary/aromatic N) is 3. The van der Waals surface area contributed by atoms with E-state index < -0.39 is 29.4 Å². The largest absolute Gasteiger partial charge is 0.427 e. The van der Waals surface area contributed by atoms with Gasteiger partial charge in [-0.2, -0.15) is 10.5 Å². The topological polar surface area (TPSA) is 94.2 Å². The second kappa shape index (κ2) is 9.00. The number of esters is 1. The molecule has 0 aliphatic carbocycles. The second-order valence-corrected chi connectivity index (χ2v) is 9.26. The third kappa shape index (κ3) is 3.64. The SMILES string of the molecule is CC(=O)Oc1ccc2c(c1)C=C[C@H]1N2[C@H](C(=O)c2ccccc2)[C@H](c2ccc(Cl)cc2)C1(C#N)C#N.